The molecule has 0 aliphatic carbocycles. The number of rotatable bonds is 4. The fourth-order valence-electron chi connectivity index (χ4n) is 1.36. The smallest absolute Gasteiger partial charge is 0.0879 e. The van der Waals surface area contributed by atoms with Gasteiger partial charge in [-0.2, -0.15) is 0 Å². The second-order valence-electron chi connectivity index (χ2n) is 3.69. The molecule has 0 unspecified atom stereocenters. The molecule has 0 spiro atoms. The van der Waals surface area contributed by atoms with Crippen LogP contribution in [-0.2, 0) is 0 Å². The van der Waals surface area contributed by atoms with Gasteiger partial charge in [-0.3, -0.25) is 0 Å². The van der Waals surface area contributed by atoms with Gasteiger partial charge >= 0.3 is 0 Å². The SMILES string of the molecule is CC[B]c1ccc([B]C(C)C)cc1. The van der Waals surface area contributed by atoms with Crippen molar-refractivity contribution < 1.29 is 0 Å². The average Bonchev–Trinajstić information content (AvgIpc) is 2.08. The van der Waals surface area contributed by atoms with Crippen LogP contribution >= 0.6 is 0 Å². The van der Waals surface area contributed by atoms with Crippen LogP contribution in [0.5, 0.6) is 0 Å². The Morgan fingerprint density at radius 3 is 2.08 bits per heavy atom. The van der Waals surface area contributed by atoms with Crippen molar-refractivity contribution in [2.24, 2.45) is 0 Å². The van der Waals surface area contributed by atoms with Crippen LogP contribution in [0.25, 0.3) is 0 Å². The second-order valence-corrected chi connectivity index (χ2v) is 3.69. The molecule has 2 radical (unpaired) electrons. The summed E-state index contributed by atoms with van der Waals surface area (Å²) >= 11 is 0. The van der Waals surface area contributed by atoms with Crippen molar-refractivity contribution in [3.63, 3.8) is 0 Å². The van der Waals surface area contributed by atoms with Gasteiger partial charge in [0, 0.05) is 0 Å². The average molecular weight is 170 g/mol. The van der Waals surface area contributed by atoms with Gasteiger partial charge in [0.1, 0.15) is 0 Å². The molecule has 1 aromatic carbocycles. The van der Waals surface area contributed by atoms with Crippen LogP contribution in [-0.4, -0.2) is 14.6 Å². The molecule has 0 amide bonds. The number of hydrogen-bond acceptors (Lipinski definition) is 0. The summed E-state index contributed by atoms with van der Waals surface area (Å²) in [4.78, 5) is 0. The van der Waals surface area contributed by atoms with Gasteiger partial charge in [0.2, 0.25) is 0 Å². The van der Waals surface area contributed by atoms with Crippen molar-refractivity contribution in [2.75, 3.05) is 0 Å². The molecule has 13 heavy (non-hydrogen) atoms. The minimum absolute atomic E-state index is 0.626. The Labute approximate surface area is 83.2 Å². The van der Waals surface area contributed by atoms with E-state index in [2.05, 4.69) is 59.6 Å². The molecule has 0 aliphatic rings. The molecule has 0 aliphatic heterocycles. The van der Waals surface area contributed by atoms with Crippen LogP contribution in [0.15, 0.2) is 24.3 Å². The predicted molar refractivity (Wildman–Crippen MR) is 62.8 cm³/mol. The molecule has 0 bridgehead atoms. The van der Waals surface area contributed by atoms with E-state index in [1.54, 1.807) is 0 Å². The maximum atomic E-state index is 2.27. The molecule has 66 valence electrons. The molecular weight excluding hydrogens is 154 g/mol. The maximum Gasteiger partial charge on any atom is 0.154 e. The van der Waals surface area contributed by atoms with E-state index in [0.29, 0.717) is 5.82 Å². The number of hydrogen-bond donors (Lipinski definition) is 0. The van der Waals surface area contributed by atoms with E-state index in [1.165, 1.54) is 10.9 Å². The lowest BCUT2D eigenvalue weighted by molar-refractivity contribution is 1.07. The number of benzene rings is 1. The lowest BCUT2D eigenvalue weighted by Gasteiger charge is -2.03. The Hall–Kier alpha value is -0.650. The third-order valence-electron chi connectivity index (χ3n) is 1.90. The molecule has 0 saturated heterocycles. The quantitative estimate of drug-likeness (QED) is 0.602. The minimum atomic E-state index is 0.626. The van der Waals surface area contributed by atoms with Gasteiger partial charge in [-0.1, -0.05) is 68.1 Å². The highest BCUT2D eigenvalue weighted by molar-refractivity contribution is 6.56. The Bertz CT molecular complexity index is 239. The van der Waals surface area contributed by atoms with E-state index >= 15 is 0 Å². The molecule has 1 aromatic rings. The van der Waals surface area contributed by atoms with Crippen LogP contribution in [0.2, 0.25) is 12.1 Å². The topological polar surface area (TPSA) is 0 Å². The van der Waals surface area contributed by atoms with Crippen molar-refractivity contribution in [3.05, 3.63) is 24.3 Å². The highest BCUT2D eigenvalue weighted by Gasteiger charge is 1.99. The van der Waals surface area contributed by atoms with E-state index in [4.69, 9.17) is 0 Å². The normalized spacial score (nSPS) is 10.2. The fourth-order valence-corrected chi connectivity index (χ4v) is 1.36. The summed E-state index contributed by atoms with van der Waals surface area (Å²) in [6, 6.07) is 8.72. The van der Waals surface area contributed by atoms with E-state index in [0.717, 1.165) is 6.32 Å². The summed E-state index contributed by atoms with van der Waals surface area (Å²) in [6.07, 6.45) is 1.10. The van der Waals surface area contributed by atoms with Gasteiger partial charge in [0.15, 0.2) is 14.6 Å². The maximum absolute atomic E-state index is 2.27. The summed E-state index contributed by atoms with van der Waals surface area (Å²) in [5.41, 5.74) is 2.65. The first-order valence-electron chi connectivity index (χ1n) is 5.00. The van der Waals surface area contributed by atoms with Crippen LogP contribution in [0.1, 0.15) is 20.8 Å². The van der Waals surface area contributed by atoms with Crippen LogP contribution in [0, 0.1) is 0 Å². The zero-order valence-corrected chi connectivity index (χ0v) is 8.75. The Balaban J connectivity index is 2.59. The van der Waals surface area contributed by atoms with E-state index in [1.807, 2.05) is 0 Å². The van der Waals surface area contributed by atoms with Crippen molar-refractivity contribution in [1.82, 2.24) is 0 Å². The molecule has 0 aromatic heterocycles. The molecule has 0 atom stereocenters. The van der Waals surface area contributed by atoms with Gasteiger partial charge in [-0.25, -0.2) is 0 Å². The van der Waals surface area contributed by atoms with E-state index in [-0.39, 0.29) is 0 Å². The lowest BCUT2D eigenvalue weighted by Crippen LogP contribution is -2.21. The molecule has 0 saturated carbocycles. The molecule has 2 heteroatoms. The largest absolute Gasteiger partial charge is 0.154 e. The first-order chi connectivity index (χ1) is 6.22. The van der Waals surface area contributed by atoms with Crippen molar-refractivity contribution in [1.29, 1.82) is 0 Å². The molecule has 0 heterocycles. The van der Waals surface area contributed by atoms with Gasteiger partial charge in [-0.15, -0.1) is 0 Å². The minimum Gasteiger partial charge on any atom is -0.0879 e. The van der Waals surface area contributed by atoms with Crippen molar-refractivity contribution in [3.8, 4) is 0 Å². The Morgan fingerprint density at radius 1 is 1.08 bits per heavy atom. The van der Waals surface area contributed by atoms with Gasteiger partial charge in [0.05, 0.1) is 0 Å². The summed E-state index contributed by atoms with van der Waals surface area (Å²) < 4.78 is 0. The summed E-state index contributed by atoms with van der Waals surface area (Å²) in [5.74, 6) is 0.626. The van der Waals surface area contributed by atoms with Crippen LogP contribution in [0.3, 0.4) is 0 Å². The monoisotopic (exact) mass is 170 g/mol. The molecule has 0 N–H and O–H groups in total. The molecule has 0 fully saturated rings. The Morgan fingerprint density at radius 2 is 1.62 bits per heavy atom. The summed E-state index contributed by atoms with van der Waals surface area (Å²) in [6.45, 7) is 6.56. The first-order valence-corrected chi connectivity index (χ1v) is 5.00. The lowest BCUT2D eigenvalue weighted by atomic mass is 9.59. The summed E-state index contributed by atoms with van der Waals surface area (Å²) in [7, 11) is 4.51. The van der Waals surface area contributed by atoms with Crippen molar-refractivity contribution in [2.45, 2.75) is 32.9 Å². The standard InChI is InChI=1S/C11H16B2/c1-4-12-10-5-7-11(8-6-10)13-9(2)3/h5-9H,4H2,1-3H3. The van der Waals surface area contributed by atoms with Crippen LogP contribution < -0.4 is 10.9 Å². The van der Waals surface area contributed by atoms with Gasteiger partial charge < -0.3 is 0 Å². The Kier molecular flexibility index (Phi) is 4.14. The first kappa shape index (κ1) is 10.4. The van der Waals surface area contributed by atoms with E-state index in [9.17, 15) is 0 Å². The highest BCUT2D eigenvalue weighted by Crippen LogP contribution is 1.96. The third-order valence-corrected chi connectivity index (χ3v) is 1.90. The van der Waals surface area contributed by atoms with Crippen LogP contribution in [0.4, 0.5) is 0 Å². The zero-order valence-electron chi connectivity index (χ0n) is 8.75. The summed E-state index contributed by atoms with van der Waals surface area (Å²) in [5, 5.41) is 0. The zero-order chi connectivity index (χ0) is 9.68. The van der Waals surface area contributed by atoms with Crippen molar-refractivity contribution >= 4 is 25.5 Å². The second kappa shape index (κ2) is 5.16. The van der Waals surface area contributed by atoms with E-state index < -0.39 is 0 Å². The molecule has 0 nitrogen and oxygen atoms in total. The third kappa shape index (κ3) is 3.71. The van der Waals surface area contributed by atoms with Gasteiger partial charge in [-0.05, 0) is 0 Å². The fraction of sp³-hybridized carbons (Fsp3) is 0.455. The highest BCUT2D eigenvalue weighted by atomic mass is 13.9. The molecular formula is C11H16B2. The van der Waals surface area contributed by atoms with Gasteiger partial charge in [0.25, 0.3) is 0 Å². The molecule has 1 rings (SSSR count). The predicted octanol–water partition coefficient (Wildman–Crippen LogP) is 1.61.